The van der Waals surface area contributed by atoms with Crippen molar-refractivity contribution < 1.29 is 19.2 Å². The van der Waals surface area contributed by atoms with E-state index in [1.807, 2.05) is 0 Å². The summed E-state index contributed by atoms with van der Waals surface area (Å²) < 4.78 is 4.51. The van der Waals surface area contributed by atoms with Gasteiger partial charge in [0.05, 0.1) is 18.2 Å². The fourth-order valence-electron chi connectivity index (χ4n) is 1.01. The van der Waals surface area contributed by atoms with Crippen LogP contribution in [0.15, 0.2) is 29.4 Å². The molecule has 7 heteroatoms. The Bertz CT molecular complexity index is 449. The zero-order valence-corrected chi connectivity index (χ0v) is 9.04. The smallest absolute Gasteiger partial charge is 0.365 e. The van der Waals surface area contributed by atoms with Crippen molar-refractivity contribution >= 4 is 17.9 Å². The van der Waals surface area contributed by atoms with Crippen LogP contribution in [0.5, 0.6) is 0 Å². The largest absolute Gasteiger partial charge is 0.465 e. The van der Waals surface area contributed by atoms with Crippen LogP contribution in [0.1, 0.15) is 20.7 Å². The van der Waals surface area contributed by atoms with Crippen molar-refractivity contribution in [3.63, 3.8) is 0 Å². The number of rotatable bonds is 3. The van der Waals surface area contributed by atoms with E-state index in [0.717, 1.165) is 0 Å². The Morgan fingerprint density at radius 1 is 1.06 bits per heavy atom. The van der Waals surface area contributed by atoms with Crippen molar-refractivity contribution in [2.24, 2.45) is 16.6 Å². The van der Waals surface area contributed by atoms with Gasteiger partial charge in [0, 0.05) is 0 Å². The lowest BCUT2D eigenvalue weighted by Crippen LogP contribution is -2.23. The van der Waals surface area contributed by atoms with E-state index in [2.05, 4.69) is 14.7 Å². The number of guanidine groups is 1. The van der Waals surface area contributed by atoms with Crippen LogP contribution in [0.2, 0.25) is 0 Å². The number of carbonyl (C=O) groups excluding carboxylic acids is 2. The SMILES string of the molecule is COC(=O)c1ccc(C(=O)ON=C(N)N)cc1. The minimum atomic E-state index is -0.727. The molecule has 17 heavy (non-hydrogen) atoms. The average Bonchev–Trinajstić information content (AvgIpc) is 2.35. The zero-order valence-electron chi connectivity index (χ0n) is 9.04. The number of nitrogens with two attached hydrogens (primary N) is 2. The molecule has 0 aliphatic heterocycles. The van der Waals surface area contributed by atoms with E-state index in [-0.39, 0.29) is 11.5 Å². The van der Waals surface area contributed by atoms with Crippen molar-refractivity contribution in [1.29, 1.82) is 0 Å². The highest BCUT2D eigenvalue weighted by Crippen LogP contribution is 2.07. The molecule has 0 fully saturated rings. The van der Waals surface area contributed by atoms with Gasteiger partial charge in [0.25, 0.3) is 0 Å². The number of hydrogen-bond donors (Lipinski definition) is 2. The molecule has 0 heterocycles. The minimum Gasteiger partial charge on any atom is -0.465 e. The monoisotopic (exact) mass is 237 g/mol. The first kappa shape index (κ1) is 12.5. The fourth-order valence-corrected chi connectivity index (χ4v) is 1.01. The molecule has 0 aromatic heterocycles. The third-order valence-electron chi connectivity index (χ3n) is 1.78. The van der Waals surface area contributed by atoms with E-state index in [0.29, 0.717) is 5.56 Å². The van der Waals surface area contributed by atoms with Crippen LogP contribution in [0.3, 0.4) is 0 Å². The van der Waals surface area contributed by atoms with Crippen LogP contribution in [0.25, 0.3) is 0 Å². The first-order valence-corrected chi connectivity index (χ1v) is 4.53. The Labute approximate surface area is 97.0 Å². The number of nitrogens with zero attached hydrogens (tertiary/aromatic N) is 1. The van der Waals surface area contributed by atoms with Gasteiger partial charge >= 0.3 is 11.9 Å². The molecule has 0 aliphatic rings. The molecule has 1 aromatic rings. The second-order valence-electron chi connectivity index (χ2n) is 2.96. The Morgan fingerprint density at radius 2 is 1.53 bits per heavy atom. The van der Waals surface area contributed by atoms with Gasteiger partial charge in [0.15, 0.2) is 0 Å². The topological polar surface area (TPSA) is 117 Å². The normalized spacial score (nSPS) is 9.24. The van der Waals surface area contributed by atoms with Crippen molar-refractivity contribution in [3.05, 3.63) is 35.4 Å². The molecule has 0 unspecified atom stereocenters. The molecule has 0 aliphatic carbocycles. The zero-order chi connectivity index (χ0) is 12.8. The lowest BCUT2D eigenvalue weighted by molar-refractivity contribution is 0.0513. The molecule has 90 valence electrons. The Kier molecular flexibility index (Phi) is 4.04. The van der Waals surface area contributed by atoms with Crippen LogP contribution >= 0.6 is 0 Å². The molecule has 0 bridgehead atoms. The fraction of sp³-hybridized carbons (Fsp3) is 0.100. The van der Waals surface area contributed by atoms with E-state index < -0.39 is 11.9 Å². The second kappa shape index (κ2) is 5.50. The molecule has 0 saturated heterocycles. The summed E-state index contributed by atoms with van der Waals surface area (Å²) in [6.45, 7) is 0. The third-order valence-corrected chi connectivity index (χ3v) is 1.78. The highest BCUT2D eigenvalue weighted by Gasteiger charge is 2.10. The van der Waals surface area contributed by atoms with E-state index in [4.69, 9.17) is 11.5 Å². The molecular formula is C10H11N3O4. The minimum absolute atomic E-state index is 0.211. The van der Waals surface area contributed by atoms with E-state index in [1.54, 1.807) is 0 Å². The summed E-state index contributed by atoms with van der Waals surface area (Å²) >= 11 is 0. The molecular weight excluding hydrogens is 226 g/mol. The number of oxime groups is 1. The summed E-state index contributed by atoms with van der Waals surface area (Å²) in [5.41, 5.74) is 10.5. The van der Waals surface area contributed by atoms with Crippen molar-refractivity contribution in [2.45, 2.75) is 0 Å². The molecule has 0 atom stereocenters. The number of hydrogen-bond acceptors (Lipinski definition) is 5. The summed E-state index contributed by atoms with van der Waals surface area (Å²) in [6.07, 6.45) is 0. The van der Waals surface area contributed by atoms with Crippen molar-refractivity contribution in [3.8, 4) is 0 Å². The number of benzene rings is 1. The van der Waals surface area contributed by atoms with Crippen LogP contribution in [0.4, 0.5) is 0 Å². The van der Waals surface area contributed by atoms with E-state index in [9.17, 15) is 9.59 Å². The quantitative estimate of drug-likeness (QED) is 0.247. The van der Waals surface area contributed by atoms with Crippen molar-refractivity contribution in [1.82, 2.24) is 0 Å². The van der Waals surface area contributed by atoms with Gasteiger partial charge in [-0.3, -0.25) is 0 Å². The lowest BCUT2D eigenvalue weighted by Gasteiger charge is -2.00. The number of carbonyl (C=O) groups is 2. The first-order chi connectivity index (χ1) is 8.04. The second-order valence-corrected chi connectivity index (χ2v) is 2.96. The van der Waals surface area contributed by atoms with Gasteiger partial charge in [-0.15, -0.1) is 0 Å². The van der Waals surface area contributed by atoms with Crippen LogP contribution in [-0.4, -0.2) is 25.0 Å². The highest BCUT2D eigenvalue weighted by molar-refractivity contribution is 5.93. The standard InChI is InChI=1S/C10H11N3O4/c1-16-8(14)6-2-4-7(5-3-6)9(15)17-13-10(11)12/h2-5H,1H3,(H4,11,12,13). The van der Waals surface area contributed by atoms with Gasteiger partial charge in [-0.1, -0.05) is 0 Å². The Hall–Kier alpha value is -2.57. The summed E-state index contributed by atoms with van der Waals surface area (Å²) in [7, 11) is 1.27. The molecule has 7 nitrogen and oxygen atoms in total. The van der Waals surface area contributed by atoms with Gasteiger partial charge in [0.2, 0.25) is 5.96 Å². The average molecular weight is 237 g/mol. The molecule has 0 radical (unpaired) electrons. The highest BCUT2D eigenvalue weighted by atomic mass is 16.7. The summed E-state index contributed by atoms with van der Waals surface area (Å²) in [4.78, 5) is 26.9. The predicted molar refractivity (Wildman–Crippen MR) is 59.0 cm³/mol. The summed E-state index contributed by atoms with van der Waals surface area (Å²) in [5.74, 6) is -1.58. The van der Waals surface area contributed by atoms with Crippen LogP contribution in [-0.2, 0) is 9.57 Å². The van der Waals surface area contributed by atoms with Crippen LogP contribution < -0.4 is 11.5 Å². The number of esters is 1. The molecule has 1 aromatic carbocycles. The van der Waals surface area contributed by atoms with Gasteiger partial charge in [-0.05, 0) is 29.4 Å². The molecule has 1 rings (SSSR count). The van der Waals surface area contributed by atoms with Crippen molar-refractivity contribution in [2.75, 3.05) is 7.11 Å². The van der Waals surface area contributed by atoms with Gasteiger partial charge in [-0.25, -0.2) is 9.59 Å². The summed E-state index contributed by atoms with van der Waals surface area (Å²) in [6, 6.07) is 5.66. The number of ether oxygens (including phenoxy) is 1. The Morgan fingerprint density at radius 3 is 1.94 bits per heavy atom. The third kappa shape index (κ3) is 3.49. The Balaban J connectivity index is 2.77. The molecule has 0 spiro atoms. The maximum absolute atomic E-state index is 11.3. The molecule has 0 amide bonds. The maximum Gasteiger partial charge on any atom is 0.365 e. The number of methoxy groups -OCH3 is 1. The molecule has 4 N–H and O–H groups in total. The van der Waals surface area contributed by atoms with E-state index >= 15 is 0 Å². The van der Waals surface area contributed by atoms with E-state index in [1.165, 1.54) is 31.4 Å². The molecule has 0 saturated carbocycles. The first-order valence-electron chi connectivity index (χ1n) is 4.53. The van der Waals surface area contributed by atoms with Crippen LogP contribution in [0, 0.1) is 0 Å². The van der Waals surface area contributed by atoms with Gasteiger partial charge in [0.1, 0.15) is 0 Å². The maximum atomic E-state index is 11.3. The van der Waals surface area contributed by atoms with Gasteiger partial charge < -0.3 is 21.0 Å². The van der Waals surface area contributed by atoms with Gasteiger partial charge in [-0.2, -0.15) is 0 Å². The predicted octanol–water partition coefficient (Wildman–Crippen LogP) is -0.182. The lowest BCUT2D eigenvalue weighted by atomic mass is 10.1. The summed E-state index contributed by atoms with van der Waals surface area (Å²) in [5, 5.41) is 3.11.